The number of carbonyl (C=O) groups excluding carboxylic acids is 1. The number of pyridine rings is 2. The molecule has 0 aliphatic heterocycles. The van der Waals surface area contributed by atoms with Crippen molar-refractivity contribution in [3.8, 4) is 11.3 Å². The van der Waals surface area contributed by atoms with E-state index >= 15 is 0 Å². The molecule has 148 valence electrons. The van der Waals surface area contributed by atoms with E-state index in [1.54, 1.807) is 12.1 Å². The highest BCUT2D eigenvalue weighted by molar-refractivity contribution is 6.03. The van der Waals surface area contributed by atoms with Crippen molar-refractivity contribution < 1.29 is 22.4 Å². The molecule has 4 aromatic heterocycles. The predicted octanol–water partition coefficient (Wildman–Crippen LogP) is 3.54. The van der Waals surface area contributed by atoms with Crippen LogP contribution in [0.1, 0.15) is 16.2 Å². The van der Waals surface area contributed by atoms with E-state index in [-0.39, 0.29) is 17.2 Å². The number of aromatic nitrogens is 5. The van der Waals surface area contributed by atoms with Crippen LogP contribution in [0, 0.1) is 5.82 Å². The molecule has 0 aromatic carbocycles. The second-order valence-corrected chi connectivity index (χ2v) is 6.15. The molecule has 4 aromatic rings. The zero-order valence-corrected chi connectivity index (χ0v) is 14.8. The van der Waals surface area contributed by atoms with Crippen molar-refractivity contribution >= 4 is 17.2 Å². The van der Waals surface area contributed by atoms with E-state index in [2.05, 4.69) is 20.5 Å². The molecule has 11 heteroatoms. The highest BCUT2D eigenvalue weighted by atomic mass is 19.4. The quantitative estimate of drug-likeness (QED) is 0.530. The average Bonchev–Trinajstić information content (AvgIpc) is 3.28. The number of carbonyl (C=O) groups is 1. The van der Waals surface area contributed by atoms with Gasteiger partial charge >= 0.3 is 6.18 Å². The highest BCUT2D eigenvalue weighted by Gasteiger charge is 2.34. The van der Waals surface area contributed by atoms with Gasteiger partial charge < -0.3 is 5.32 Å². The molecule has 0 atom stereocenters. The van der Waals surface area contributed by atoms with E-state index in [9.17, 15) is 22.4 Å². The highest BCUT2D eigenvalue weighted by Crippen LogP contribution is 2.32. The number of amides is 1. The Hall–Kier alpha value is -3.76. The number of rotatable bonds is 3. The summed E-state index contributed by atoms with van der Waals surface area (Å²) in [6.45, 7) is 0. The number of alkyl halides is 3. The number of nitrogens with zero attached hydrogens (tertiary/aromatic N) is 5. The largest absolute Gasteiger partial charge is 0.435 e. The minimum atomic E-state index is -4.59. The summed E-state index contributed by atoms with van der Waals surface area (Å²) in [5, 5.41) is 10.1. The van der Waals surface area contributed by atoms with Crippen LogP contribution in [0.3, 0.4) is 0 Å². The van der Waals surface area contributed by atoms with Crippen molar-refractivity contribution in [2.45, 2.75) is 6.18 Å². The maximum absolute atomic E-state index is 13.0. The molecule has 0 radical (unpaired) electrons. The van der Waals surface area contributed by atoms with Crippen LogP contribution in [0.25, 0.3) is 16.8 Å². The first-order valence-corrected chi connectivity index (χ1v) is 8.25. The van der Waals surface area contributed by atoms with Crippen LogP contribution in [-0.2, 0) is 13.2 Å². The van der Waals surface area contributed by atoms with Crippen molar-refractivity contribution in [2.75, 3.05) is 5.32 Å². The lowest BCUT2D eigenvalue weighted by Crippen LogP contribution is -2.17. The molecule has 1 amide bonds. The van der Waals surface area contributed by atoms with E-state index in [1.807, 2.05) is 0 Å². The molecule has 0 saturated carbocycles. The van der Waals surface area contributed by atoms with Gasteiger partial charge in [0.1, 0.15) is 17.3 Å². The third-order valence-corrected chi connectivity index (χ3v) is 4.16. The van der Waals surface area contributed by atoms with Gasteiger partial charge in [-0.2, -0.15) is 23.4 Å². The standard InChI is InChI=1S/C18H12F4N6O/c1-27-13(8-15(26-27)18(20,21)22)10-6-12-4-5-24-28(12)14(7-10)17(29)25-16-3-2-11(19)9-23-16/h2-9H,1H3,(H,23,25,29). The molecule has 1 N–H and O–H groups in total. The summed E-state index contributed by atoms with van der Waals surface area (Å²) in [7, 11) is 1.38. The molecule has 29 heavy (non-hydrogen) atoms. The van der Waals surface area contributed by atoms with Crippen molar-refractivity contribution in [1.29, 1.82) is 0 Å². The Morgan fingerprint density at radius 3 is 2.59 bits per heavy atom. The summed E-state index contributed by atoms with van der Waals surface area (Å²) in [6.07, 6.45) is -2.19. The summed E-state index contributed by atoms with van der Waals surface area (Å²) in [6, 6.07) is 7.93. The molecule has 0 bridgehead atoms. The Balaban J connectivity index is 1.78. The average molecular weight is 404 g/mol. The fraction of sp³-hybridized carbons (Fsp3) is 0.111. The van der Waals surface area contributed by atoms with Gasteiger partial charge in [-0.05, 0) is 36.4 Å². The molecule has 0 spiro atoms. The molecule has 4 heterocycles. The summed E-state index contributed by atoms with van der Waals surface area (Å²) in [5.41, 5.74) is 0.0402. The van der Waals surface area contributed by atoms with Gasteiger partial charge in [0.25, 0.3) is 5.91 Å². The van der Waals surface area contributed by atoms with Gasteiger partial charge in [0.05, 0.1) is 23.6 Å². The lowest BCUT2D eigenvalue weighted by molar-refractivity contribution is -0.141. The van der Waals surface area contributed by atoms with Gasteiger partial charge in [-0.3, -0.25) is 9.48 Å². The lowest BCUT2D eigenvalue weighted by atomic mass is 10.1. The van der Waals surface area contributed by atoms with Crippen LogP contribution in [0.5, 0.6) is 0 Å². The van der Waals surface area contributed by atoms with Crippen LogP contribution >= 0.6 is 0 Å². The fourth-order valence-electron chi connectivity index (χ4n) is 2.85. The van der Waals surface area contributed by atoms with Crippen LogP contribution in [0.4, 0.5) is 23.4 Å². The minimum absolute atomic E-state index is 0.0587. The molecule has 0 saturated heterocycles. The molecule has 0 aliphatic carbocycles. The second-order valence-electron chi connectivity index (χ2n) is 6.15. The molecule has 0 fully saturated rings. The third-order valence-electron chi connectivity index (χ3n) is 4.16. The SMILES string of the molecule is Cn1nc(C(F)(F)F)cc1-c1cc(C(=O)Nc2ccc(F)cn2)n2nccc2c1. The molecule has 7 nitrogen and oxygen atoms in total. The van der Waals surface area contributed by atoms with Gasteiger partial charge in [0, 0.05) is 12.6 Å². The number of halogens is 4. The number of anilines is 1. The normalized spacial score (nSPS) is 11.8. The van der Waals surface area contributed by atoms with Crippen molar-refractivity contribution in [3.05, 3.63) is 66.0 Å². The van der Waals surface area contributed by atoms with Crippen molar-refractivity contribution in [2.24, 2.45) is 7.05 Å². The molecule has 4 rings (SSSR count). The maximum Gasteiger partial charge on any atom is 0.435 e. The van der Waals surface area contributed by atoms with E-state index in [1.165, 1.54) is 29.9 Å². The second kappa shape index (κ2) is 6.69. The lowest BCUT2D eigenvalue weighted by Gasteiger charge is -2.09. The Morgan fingerprint density at radius 1 is 1.14 bits per heavy atom. The van der Waals surface area contributed by atoms with Crippen LogP contribution in [0.2, 0.25) is 0 Å². The molecule has 0 aliphatic rings. The zero-order chi connectivity index (χ0) is 20.8. The summed E-state index contributed by atoms with van der Waals surface area (Å²) in [5.74, 6) is -1.06. The Labute approximate surface area is 160 Å². The van der Waals surface area contributed by atoms with Crippen LogP contribution < -0.4 is 5.32 Å². The first-order chi connectivity index (χ1) is 13.7. The van der Waals surface area contributed by atoms with Crippen LogP contribution in [0.15, 0.2) is 48.8 Å². The Morgan fingerprint density at radius 2 is 1.93 bits per heavy atom. The smallest absolute Gasteiger partial charge is 0.305 e. The monoisotopic (exact) mass is 404 g/mol. The summed E-state index contributed by atoms with van der Waals surface area (Å²) >= 11 is 0. The number of aryl methyl sites for hydroxylation is 1. The first kappa shape index (κ1) is 18.6. The van der Waals surface area contributed by atoms with Gasteiger partial charge in [-0.1, -0.05) is 0 Å². The molecular formula is C18H12F4N6O. The Kier molecular flexibility index (Phi) is 4.29. The van der Waals surface area contributed by atoms with E-state index in [0.717, 1.165) is 23.0 Å². The van der Waals surface area contributed by atoms with Gasteiger partial charge in [-0.15, -0.1) is 0 Å². The summed E-state index contributed by atoms with van der Waals surface area (Å²) in [4.78, 5) is 16.5. The number of fused-ring (bicyclic) bond motifs is 1. The van der Waals surface area contributed by atoms with E-state index in [0.29, 0.717) is 11.1 Å². The number of nitrogens with one attached hydrogen (secondary N) is 1. The Bertz CT molecular complexity index is 1210. The predicted molar refractivity (Wildman–Crippen MR) is 94.5 cm³/mol. The van der Waals surface area contributed by atoms with Crippen LogP contribution in [-0.4, -0.2) is 30.3 Å². The van der Waals surface area contributed by atoms with Crippen molar-refractivity contribution in [1.82, 2.24) is 24.4 Å². The van der Waals surface area contributed by atoms with Crippen molar-refractivity contribution in [3.63, 3.8) is 0 Å². The topological polar surface area (TPSA) is 77.1 Å². The minimum Gasteiger partial charge on any atom is -0.305 e. The molecular weight excluding hydrogens is 392 g/mol. The van der Waals surface area contributed by atoms with Gasteiger partial charge in [0.15, 0.2) is 5.69 Å². The van der Waals surface area contributed by atoms with Gasteiger partial charge in [-0.25, -0.2) is 13.9 Å². The third kappa shape index (κ3) is 3.53. The maximum atomic E-state index is 13.0. The molecule has 0 unspecified atom stereocenters. The summed E-state index contributed by atoms with van der Waals surface area (Å²) < 4.78 is 54.4. The first-order valence-electron chi connectivity index (χ1n) is 8.25. The van der Waals surface area contributed by atoms with Gasteiger partial charge in [0.2, 0.25) is 0 Å². The number of hydrogen-bond donors (Lipinski definition) is 1. The zero-order valence-electron chi connectivity index (χ0n) is 14.8. The number of hydrogen-bond acceptors (Lipinski definition) is 4. The van der Waals surface area contributed by atoms with E-state index in [4.69, 9.17) is 0 Å². The fourth-order valence-corrected chi connectivity index (χ4v) is 2.85. The van der Waals surface area contributed by atoms with E-state index < -0.39 is 23.6 Å².